The Hall–Kier alpha value is -2.44. The van der Waals surface area contributed by atoms with Crippen LogP contribution in [-0.2, 0) is 11.3 Å². The quantitative estimate of drug-likeness (QED) is 0.647. The van der Waals surface area contributed by atoms with Gasteiger partial charge in [-0.15, -0.1) is 0 Å². The molecule has 0 aliphatic carbocycles. The first-order valence-corrected chi connectivity index (χ1v) is 9.57. The molecule has 3 rings (SSSR count). The summed E-state index contributed by atoms with van der Waals surface area (Å²) < 4.78 is 18.6. The summed E-state index contributed by atoms with van der Waals surface area (Å²) in [5.41, 5.74) is 1.88. The Kier molecular flexibility index (Phi) is 6.79. The molecule has 1 saturated heterocycles. The predicted octanol–water partition coefficient (Wildman–Crippen LogP) is 0.147. The number of carbonyl (C=O) groups is 1. The number of halogens is 1. The van der Waals surface area contributed by atoms with E-state index in [0.29, 0.717) is 18.9 Å². The van der Waals surface area contributed by atoms with Gasteiger partial charge in [0.1, 0.15) is 44.3 Å². The second-order valence-corrected chi connectivity index (χ2v) is 6.96. The zero-order valence-corrected chi connectivity index (χ0v) is 15.8. The molecule has 3 N–H and O–H groups in total. The van der Waals surface area contributed by atoms with E-state index in [1.54, 1.807) is 0 Å². The highest BCUT2D eigenvalue weighted by atomic mass is 19.1. The van der Waals surface area contributed by atoms with Crippen LogP contribution in [0.4, 0.5) is 10.1 Å². The molecule has 1 fully saturated rings. The molecule has 2 aromatic rings. The Labute approximate surface area is 159 Å². The number of carbonyl (C=O) groups excluding carboxylic acids is 1. The fourth-order valence-corrected chi connectivity index (χ4v) is 3.47. The van der Waals surface area contributed by atoms with E-state index in [-0.39, 0.29) is 11.7 Å². The van der Waals surface area contributed by atoms with E-state index in [9.17, 15) is 9.18 Å². The van der Waals surface area contributed by atoms with Gasteiger partial charge >= 0.3 is 0 Å². The van der Waals surface area contributed by atoms with Crippen molar-refractivity contribution in [2.24, 2.45) is 0 Å². The smallest absolute Gasteiger partial charge is 0.279 e. The topological polar surface area (TPSA) is 47.2 Å². The van der Waals surface area contributed by atoms with Crippen molar-refractivity contribution in [1.82, 2.24) is 0 Å². The van der Waals surface area contributed by atoms with E-state index >= 15 is 0 Å². The molecule has 1 aliphatic heterocycles. The van der Waals surface area contributed by atoms with Gasteiger partial charge < -0.3 is 19.9 Å². The summed E-state index contributed by atoms with van der Waals surface area (Å²) in [5, 5.41) is 2.97. The Morgan fingerprint density at radius 2 is 1.70 bits per heavy atom. The zero-order valence-electron chi connectivity index (χ0n) is 15.8. The van der Waals surface area contributed by atoms with Gasteiger partial charge in [-0.2, -0.15) is 0 Å². The number of anilines is 1. The summed E-state index contributed by atoms with van der Waals surface area (Å²) in [6.07, 6.45) is 0. The minimum Gasteiger partial charge on any atom is -0.492 e. The summed E-state index contributed by atoms with van der Waals surface area (Å²) in [7, 11) is 0. The first-order chi connectivity index (χ1) is 13.1. The van der Waals surface area contributed by atoms with Crippen molar-refractivity contribution in [3.63, 3.8) is 0 Å². The highest BCUT2D eigenvalue weighted by Crippen LogP contribution is 2.23. The summed E-state index contributed by atoms with van der Waals surface area (Å²) in [6.45, 7) is 7.79. The van der Waals surface area contributed by atoms with Gasteiger partial charge in [-0.1, -0.05) is 24.3 Å². The predicted molar refractivity (Wildman–Crippen MR) is 103 cm³/mol. The molecule has 0 unspecified atom stereocenters. The molecule has 0 spiro atoms. The van der Waals surface area contributed by atoms with Crippen molar-refractivity contribution >= 4 is 11.6 Å². The third-order valence-corrected chi connectivity index (χ3v) is 4.90. The van der Waals surface area contributed by atoms with Gasteiger partial charge in [-0.25, -0.2) is 4.39 Å². The number of benzene rings is 2. The number of quaternary nitrogens is 2. The number of hydrogen-bond donors (Lipinski definition) is 3. The lowest BCUT2D eigenvalue weighted by molar-refractivity contribution is -1.02. The first kappa shape index (κ1) is 19.3. The third kappa shape index (κ3) is 5.77. The van der Waals surface area contributed by atoms with Crippen LogP contribution in [0, 0.1) is 5.82 Å². The van der Waals surface area contributed by atoms with Gasteiger partial charge in [0.15, 0.2) is 6.54 Å². The fraction of sp³-hybridized carbons (Fsp3) is 0.381. The Balaban J connectivity index is 1.45. The Morgan fingerprint density at radius 1 is 1.04 bits per heavy atom. The normalized spacial score (nSPS) is 19.5. The Bertz CT molecular complexity index is 743. The maximum Gasteiger partial charge on any atom is 0.279 e. The SMILES string of the molecule is CCOc1ccccc1NC(=O)C[NH+]1CC[NH+](Cc2ccc(F)cc2)CC1. The molecule has 5 nitrogen and oxygen atoms in total. The van der Waals surface area contributed by atoms with Crippen LogP contribution in [0.2, 0.25) is 0 Å². The molecule has 27 heavy (non-hydrogen) atoms. The zero-order chi connectivity index (χ0) is 19.1. The van der Waals surface area contributed by atoms with Crippen LogP contribution in [0.15, 0.2) is 48.5 Å². The van der Waals surface area contributed by atoms with Gasteiger partial charge in [0.2, 0.25) is 0 Å². The van der Waals surface area contributed by atoms with E-state index in [4.69, 9.17) is 4.74 Å². The minimum atomic E-state index is -0.195. The lowest BCUT2D eigenvalue weighted by Gasteiger charge is -2.29. The van der Waals surface area contributed by atoms with E-state index in [0.717, 1.165) is 44.0 Å². The second-order valence-electron chi connectivity index (χ2n) is 6.96. The highest BCUT2D eigenvalue weighted by Gasteiger charge is 2.25. The van der Waals surface area contributed by atoms with Crippen molar-refractivity contribution < 1.29 is 23.7 Å². The van der Waals surface area contributed by atoms with E-state index in [1.807, 2.05) is 43.3 Å². The molecule has 1 amide bonds. The molecule has 144 valence electrons. The van der Waals surface area contributed by atoms with Gasteiger partial charge in [0.25, 0.3) is 5.91 Å². The summed E-state index contributed by atoms with van der Waals surface area (Å²) in [4.78, 5) is 15.2. The maximum absolute atomic E-state index is 13.0. The third-order valence-electron chi connectivity index (χ3n) is 4.90. The number of rotatable bonds is 7. The number of piperazine rings is 1. The molecule has 1 aliphatic rings. The van der Waals surface area contributed by atoms with Crippen molar-refractivity contribution in [2.45, 2.75) is 13.5 Å². The van der Waals surface area contributed by atoms with Crippen molar-refractivity contribution in [3.05, 3.63) is 59.9 Å². The Morgan fingerprint density at radius 3 is 2.41 bits per heavy atom. The lowest BCUT2D eigenvalue weighted by Crippen LogP contribution is -3.28. The average Bonchev–Trinajstić information content (AvgIpc) is 2.67. The molecule has 0 radical (unpaired) electrons. The van der Waals surface area contributed by atoms with Crippen LogP contribution >= 0.6 is 0 Å². The monoisotopic (exact) mass is 373 g/mol. The standard InChI is InChI=1S/C21H26FN3O2/c1-2-27-20-6-4-3-5-19(20)23-21(26)16-25-13-11-24(12-14-25)15-17-7-9-18(22)10-8-17/h3-10H,2,11-16H2,1H3,(H,23,26)/p+2. The highest BCUT2D eigenvalue weighted by molar-refractivity contribution is 5.92. The number of para-hydroxylation sites is 2. The molecule has 0 bridgehead atoms. The first-order valence-electron chi connectivity index (χ1n) is 9.57. The molecule has 1 heterocycles. The van der Waals surface area contributed by atoms with Gasteiger partial charge in [0, 0.05) is 5.56 Å². The minimum absolute atomic E-state index is 0.0131. The van der Waals surface area contributed by atoms with Crippen molar-refractivity contribution in [1.29, 1.82) is 0 Å². The molecule has 2 aromatic carbocycles. The van der Waals surface area contributed by atoms with E-state index in [1.165, 1.54) is 21.9 Å². The molecular weight excluding hydrogens is 345 g/mol. The summed E-state index contributed by atoms with van der Waals surface area (Å²) >= 11 is 0. The number of amides is 1. The summed E-state index contributed by atoms with van der Waals surface area (Å²) in [6, 6.07) is 14.3. The van der Waals surface area contributed by atoms with Crippen molar-refractivity contribution in [2.75, 3.05) is 44.6 Å². The van der Waals surface area contributed by atoms with Crippen LogP contribution in [0.5, 0.6) is 5.75 Å². The van der Waals surface area contributed by atoms with Gasteiger partial charge in [0.05, 0.1) is 12.3 Å². The van der Waals surface area contributed by atoms with Crippen LogP contribution in [0.3, 0.4) is 0 Å². The largest absolute Gasteiger partial charge is 0.492 e. The fourth-order valence-electron chi connectivity index (χ4n) is 3.47. The van der Waals surface area contributed by atoms with Crippen LogP contribution in [0.1, 0.15) is 12.5 Å². The van der Waals surface area contributed by atoms with Crippen LogP contribution in [0.25, 0.3) is 0 Å². The van der Waals surface area contributed by atoms with Gasteiger partial charge in [-0.3, -0.25) is 4.79 Å². The van der Waals surface area contributed by atoms with Crippen molar-refractivity contribution in [3.8, 4) is 5.75 Å². The van der Waals surface area contributed by atoms with E-state index in [2.05, 4.69) is 5.32 Å². The molecular formula is C21H28FN3O2+2. The average molecular weight is 373 g/mol. The molecule has 0 atom stereocenters. The number of hydrogen-bond acceptors (Lipinski definition) is 2. The second kappa shape index (κ2) is 9.48. The lowest BCUT2D eigenvalue weighted by atomic mass is 10.2. The van der Waals surface area contributed by atoms with Crippen LogP contribution in [-0.4, -0.2) is 45.2 Å². The number of nitrogens with one attached hydrogen (secondary N) is 3. The summed E-state index contributed by atoms with van der Waals surface area (Å²) in [5.74, 6) is 0.524. The molecule has 6 heteroatoms. The molecule has 0 aromatic heterocycles. The van der Waals surface area contributed by atoms with E-state index < -0.39 is 0 Å². The van der Waals surface area contributed by atoms with Crippen LogP contribution < -0.4 is 19.9 Å². The maximum atomic E-state index is 13.0. The molecule has 0 saturated carbocycles. The number of ether oxygens (including phenoxy) is 1. The van der Waals surface area contributed by atoms with Gasteiger partial charge in [-0.05, 0) is 31.2 Å².